The Bertz CT molecular complexity index is 632. The van der Waals surface area contributed by atoms with Gasteiger partial charge in [-0.1, -0.05) is 6.92 Å². The number of aliphatic hydroxyl groups is 10. The maximum atomic E-state index is 11.2. The van der Waals surface area contributed by atoms with Gasteiger partial charge in [-0.25, -0.2) is 0 Å². The molecule has 0 fully saturated rings. The van der Waals surface area contributed by atoms with Crippen LogP contribution in [0.2, 0.25) is 0 Å². The van der Waals surface area contributed by atoms with Crippen molar-refractivity contribution in [2.75, 3.05) is 106 Å². The highest BCUT2D eigenvalue weighted by molar-refractivity contribution is 5.76. The van der Waals surface area contributed by atoms with E-state index in [4.69, 9.17) is 19.3 Å². The lowest BCUT2D eigenvalue weighted by Gasteiger charge is -2.34. The van der Waals surface area contributed by atoms with Crippen LogP contribution in [0.25, 0.3) is 0 Å². The molecule has 0 aliphatic heterocycles. The minimum atomic E-state index is -1.37. The summed E-state index contributed by atoms with van der Waals surface area (Å²) in [5.41, 5.74) is -3.55. The van der Waals surface area contributed by atoms with Gasteiger partial charge in [-0.2, -0.15) is 0 Å². The lowest BCUT2D eigenvalue weighted by atomic mass is 9.88. The molecule has 0 aromatic carbocycles. The van der Waals surface area contributed by atoms with Crippen molar-refractivity contribution in [3.63, 3.8) is 0 Å². The second-order valence-electron chi connectivity index (χ2n) is 10.6. The van der Waals surface area contributed by atoms with Crippen LogP contribution in [-0.4, -0.2) is 192 Å². The van der Waals surface area contributed by atoms with E-state index in [0.29, 0.717) is 6.42 Å². The fourth-order valence-electron chi connectivity index (χ4n) is 3.43. The number of nitrogens with one attached hydrogen (secondary N) is 3. The minimum absolute atomic E-state index is 0.0139. The molecule has 17 nitrogen and oxygen atoms in total. The molecule has 3 unspecified atom stereocenters. The standard InChI is InChI=1S/C25H53N3O14/c1-2-23(16-40-7-19(36)3-26-22(39)6-29,17-41-8-20(37)4-27-24(10-30,11-31)12-32)18-42-9-21(38)5-28-25(13-33,14-34)15-35/h19-21,27-38H,2-18H2,1H3,(H,26,39). The first-order chi connectivity index (χ1) is 20.0. The number of hydrogen-bond acceptors (Lipinski definition) is 16. The van der Waals surface area contributed by atoms with Crippen molar-refractivity contribution >= 4 is 5.91 Å². The van der Waals surface area contributed by atoms with Crippen LogP contribution in [0, 0.1) is 5.41 Å². The molecule has 17 heteroatoms. The van der Waals surface area contributed by atoms with E-state index >= 15 is 0 Å². The molecule has 0 heterocycles. The van der Waals surface area contributed by atoms with Gasteiger partial charge in [-0.15, -0.1) is 0 Å². The third-order valence-corrected chi connectivity index (χ3v) is 6.83. The molecule has 0 rings (SSSR count). The molecular weight excluding hydrogens is 566 g/mol. The highest BCUT2D eigenvalue weighted by Crippen LogP contribution is 2.24. The maximum absolute atomic E-state index is 11.2. The normalized spacial score (nSPS) is 16.2. The Morgan fingerprint density at radius 1 is 0.619 bits per heavy atom. The van der Waals surface area contributed by atoms with E-state index in [1.807, 2.05) is 6.92 Å². The van der Waals surface area contributed by atoms with E-state index in [1.165, 1.54) is 0 Å². The van der Waals surface area contributed by atoms with Gasteiger partial charge in [0.05, 0.1) is 109 Å². The van der Waals surface area contributed by atoms with Crippen LogP contribution in [0.15, 0.2) is 0 Å². The number of amides is 1. The molecule has 13 N–H and O–H groups in total. The zero-order valence-corrected chi connectivity index (χ0v) is 24.4. The number of carbonyl (C=O) groups excluding carboxylic acids is 1. The Morgan fingerprint density at radius 2 is 0.952 bits per heavy atom. The molecule has 0 aromatic rings. The largest absolute Gasteiger partial charge is 0.394 e. The van der Waals surface area contributed by atoms with Gasteiger partial charge in [0.15, 0.2) is 0 Å². The van der Waals surface area contributed by atoms with Gasteiger partial charge < -0.3 is 81.2 Å². The Morgan fingerprint density at radius 3 is 1.24 bits per heavy atom. The fraction of sp³-hybridized carbons (Fsp3) is 0.960. The van der Waals surface area contributed by atoms with E-state index in [9.17, 15) is 50.8 Å². The Hall–Kier alpha value is -1.13. The molecule has 0 aliphatic rings. The van der Waals surface area contributed by atoms with Crippen LogP contribution in [0.1, 0.15) is 13.3 Å². The third-order valence-electron chi connectivity index (χ3n) is 6.83. The summed E-state index contributed by atoms with van der Waals surface area (Å²) in [6, 6.07) is 0. The average molecular weight is 620 g/mol. The number of hydrogen-bond donors (Lipinski definition) is 13. The topological polar surface area (TPSA) is 283 Å². The second-order valence-corrected chi connectivity index (χ2v) is 10.6. The maximum Gasteiger partial charge on any atom is 0.245 e. The van der Waals surface area contributed by atoms with Crippen molar-refractivity contribution in [3.05, 3.63) is 0 Å². The van der Waals surface area contributed by atoms with E-state index in [2.05, 4.69) is 16.0 Å². The van der Waals surface area contributed by atoms with E-state index in [1.54, 1.807) is 0 Å². The first kappa shape index (κ1) is 40.9. The van der Waals surface area contributed by atoms with Gasteiger partial charge >= 0.3 is 0 Å². The summed E-state index contributed by atoms with van der Waals surface area (Å²) < 4.78 is 17.1. The molecule has 0 saturated carbocycles. The lowest BCUT2D eigenvalue weighted by molar-refractivity contribution is -0.124. The van der Waals surface area contributed by atoms with Gasteiger partial charge in [0, 0.05) is 25.0 Å². The molecule has 0 radical (unpaired) electrons. The molecule has 0 spiro atoms. The van der Waals surface area contributed by atoms with Crippen LogP contribution in [0.4, 0.5) is 0 Å². The van der Waals surface area contributed by atoms with Gasteiger partial charge in [0.25, 0.3) is 0 Å². The molecule has 252 valence electrons. The molecule has 0 saturated heterocycles. The monoisotopic (exact) mass is 619 g/mol. The predicted molar refractivity (Wildman–Crippen MR) is 147 cm³/mol. The molecule has 42 heavy (non-hydrogen) atoms. The number of rotatable bonds is 28. The van der Waals surface area contributed by atoms with Crippen LogP contribution in [0.3, 0.4) is 0 Å². The first-order valence-electron chi connectivity index (χ1n) is 13.8. The van der Waals surface area contributed by atoms with Crippen molar-refractivity contribution in [3.8, 4) is 0 Å². The van der Waals surface area contributed by atoms with Crippen molar-refractivity contribution in [2.24, 2.45) is 5.41 Å². The summed E-state index contributed by atoms with van der Waals surface area (Å²) in [5, 5.41) is 104. The van der Waals surface area contributed by atoms with Gasteiger partial charge in [0.2, 0.25) is 5.91 Å². The van der Waals surface area contributed by atoms with E-state index < -0.39 is 87.0 Å². The Labute approximate surface area is 246 Å². The van der Waals surface area contributed by atoms with Crippen molar-refractivity contribution < 1.29 is 70.1 Å². The average Bonchev–Trinajstić information content (AvgIpc) is 3.01. The van der Waals surface area contributed by atoms with E-state index in [-0.39, 0.29) is 59.3 Å². The molecule has 3 atom stereocenters. The van der Waals surface area contributed by atoms with Crippen LogP contribution < -0.4 is 16.0 Å². The SMILES string of the molecule is CCC(COCC(O)CNC(=O)CO)(COCC(O)CNC(CO)(CO)CO)COCC(O)CNC(CO)(CO)CO. The first-order valence-corrected chi connectivity index (χ1v) is 13.8. The fourth-order valence-corrected chi connectivity index (χ4v) is 3.43. The number of ether oxygens (including phenoxy) is 3. The van der Waals surface area contributed by atoms with E-state index in [0.717, 1.165) is 0 Å². The zero-order chi connectivity index (χ0) is 32.1. The summed E-state index contributed by atoms with van der Waals surface area (Å²) in [6.45, 7) is -3.02. The van der Waals surface area contributed by atoms with Gasteiger partial charge in [-0.3, -0.25) is 4.79 Å². The molecule has 0 aromatic heterocycles. The smallest absolute Gasteiger partial charge is 0.245 e. The predicted octanol–water partition coefficient (Wildman–Crippen LogP) is -6.77. The van der Waals surface area contributed by atoms with Crippen LogP contribution >= 0.6 is 0 Å². The summed E-state index contributed by atoms with van der Waals surface area (Å²) in [7, 11) is 0. The Balaban J connectivity index is 5.12. The van der Waals surface area contributed by atoms with Crippen LogP contribution in [0.5, 0.6) is 0 Å². The zero-order valence-electron chi connectivity index (χ0n) is 24.4. The number of β-amino-alcohol motifs (C(OH)–C–C–N with tert-alkyl or cyclic N) is 2. The molecule has 0 aliphatic carbocycles. The number of aliphatic hydroxyl groups excluding tert-OH is 10. The lowest BCUT2D eigenvalue weighted by Crippen LogP contribution is -2.57. The summed E-state index contributed by atoms with van der Waals surface area (Å²) in [5.74, 6) is -0.650. The van der Waals surface area contributed by atoms with Gasteiger partial charge in [0.1, 0.15) is 6.61 Å². The van der Waals surface area contributed by atoms with Crippen molar-refractivity contribution in [2.45, 2.75) is 42.7 Å². The van der Waals surface area contributed by atoms with Crippen molar-refractivity contribution in [1.29, 1.82) is 0 Å². The molecule has 0 bridgehead atoms. The summed E-state index contributed by atoms with van der Waals surface area (Å²) in [6.07, 6.45) is -2.76. The molecular formula is C25H53N3O14. The summed E-state index contributed by atoms with van der Waals surface area (Å²) >= 11 is 0. The second kappa shape index (κ2) is 22.4. The number of carbonyl (C=O) groups is 1. The quantitative estimate of drug-likeness (QED) is 0.0387. The summed E-state index contributed by atoms with van der Waals surface area (Å²) in [4.78, 5) is 11.2. The highest BCUT2D eigenvalue weighted by atomic mass is 16.5. The third kappa shape index (κ3) is 15.6. The minimum Gasteiger partial charge on any atom is -0.394 e. The van der Waals surface area contributed by atoms with Gasteiger partial charge in [-0.05, 0) is 6.42 Å². The van der Waals surface area contributed by atoms with Crippen LogP contribution in [-0.2, 0) is 19.0 Å². The highest BCUT2D eigenvalue weighted by Gasteiger charge is 2.32. The molecule has 1 amide bonds. The Kier molecular flexibility index (Phi) is 21.8. The van der Waals surface area contributed by atoms with Crippen molar-refractivity contribution in [1.82, 2.24) is 16.0 Å².